The van der Waals surface area contributed by atoms with Crippen molar-refractivity contribution < 1.29 is 32.6 Å². The molecule has 3 aromatic heterocycles. The van der Waals surface area contributed by atoms with Crippen molar-refractivity contribution >= 4 is 62.1 Å². The van der Waals surface area contributed by atoms with Gasteiger partial charge in [-0.15, -0.1) is 6.42 Å². The van der Waals surface area contributed by atoms with Crippen molar-refractivity contribution in [2.24, 2.45) is 18.9 Å². The summed E-state index contributed by atoms with van der Waals surface area (Å²) in [4.78, 5) is 75.2. The first-order valence-corrected chi connectivity index (χ1v) is 27.6. The van der Waals surface area contributed by atoms with Crippen LogP contribution in [0.15, 0.2) is 59.5 Å². The van der Waals surface area contributed by atoms with E-state index in [1.54, 1.807) is 40.6 Å². The molecule has 2 N–H and O–H groups in total. The van der Waals surface area contributed by atoms with Gasteiger partial charge in [-0.05, 0) is 113 Å². The molecular weight excluding hydrogens is 985 g/mol. The standard InChI is InChI=1S/C58H63F2N11O6/c1-3-40-43(59)14-11-36-7-4-8-41(48(36)40)50-49(60)51-42(29-61-50)53(69-30-37-12-13-38(31-69)62-37)65-55(64-51)77-33-58-22-6-24-70(58)39(17-23-58)32-76-57(75)68-27-20-35(21-28-68)34-18-25-67(26-19-34)44-9-5-10-45-52(44)66(2)56(74)71(45)46-15-16-47(72)63-54(46)73/h1,4-5,7-11,14,29,34-35,37-39,46,62H,6,12-13,15-28,30-33H2,2H3,(H,63,72,73)/t37?,38?,39-,46?,58-/m0/s1. The molecule has 10 heterocycles. The number of halogens is 2. The maximum absolute atomic E-state index is 17.2. The van der Waals surface area contributed by atoms with Crippen molar-refractivity contribution in [2.45, 2.75) is 107 Å². The van der Waals surface area contributed by atoms with Gasteiger partial charge in [-0.3, -0.25) is 33.9 Å². The molecule has 7 aliphatic rings. The average molecular weight is 1050 g/mol. The van der Waals surface area contributed by atoms with Crippen LogP contribution in [0, 0.1) is 35.8 Å². The summed E-state index contributed by atoms with van der Waals surface area (Å²) >= 11 is 0. The highest BCUT2D eigenvalue weighted by Crippen LogP contribution is 2.44. The van der Waals surface area contributed by atoms with Crippen LogP contribution in [0.25, 0.3) is 44.0 Å². The van der Waals surface area contributed by atoms with Gasteiger partial charge < -0.3 is 29.5 Å². The second kappa shape index (κ2) is 19.7. The van der Waals surface area contributed by atoms with Gasteiger partial charge in [0.1, 0.15) is 42.1 Å². The molecule has 7 aliphatic heterocycles. The molecular formula is C58H63F2N11O6. The Balaban J connectivity index is 0.649. The van der Waals surface area contributed by atoms with Crippen molar-refractivity contribution in [1.29, 1.82) is 0 Å². The van der Waals surface area contributed by atoms with E-state index in [2.05, 4.69) is 36.2 Å². The molecule has 0 saturated carbocycles. The number of terminal acetylenes is 1. The van der Waals surface area contributed by atoms with E-state index < -0.39 is 23.6 Å². The molecule has 5 atom stereocenters. The lowest BCUT2D eigenvalue weighted by Crippen LogP contribution is -2.51. The van der Waals surface area contributed by atoms with E-state index in [1.807, 2.05) is 29.2 Å². The number of aryl methyl sites for hydroxylation is 1. The lowest BCUT2D eigenvalue weighted by molar-refractivity contribution is -0.135. The number of carbonyl (C=O) groups is 3. The molecule has 3 aromatic carbocycles. The minimum absolute atomic E-state index is 0.0150. The Labute approximate surface area is 444 Å². The van der Waals surface area contributed by atoms with Gasteiger partial charge in [0.05, 0.1) is 33.2 Å². The molecule has 3 amide bonds. The second-order valence-electron chi connectivity index (χ2n) is 22.6. The minimum Gasteiger partial charge on any atom is -0.461 e. The van der Waals surface area contributed by atoms with Crippen LogP contribution < -0.4 is 30.9 Å². The number of hydrogen-bond acceptors (Lipinski definition) is 13. The number of nitrogens with zero attached hydrogens (tertiary/aromatic N) is 9. The largest absolute Gasteiger partial charge is 0.461 e. The third-order valence-electron chi connectivity index (χ3n) is 18.4. The van der Waals surface area contributed by atoms with Gasteiger partial charge in [0, 0.05) is 88.0 Å². The second-order valence-corrected chi connectivity index (χ2v) is 22.6. The van der Waals surface area contributed by atoms with Gasteiger partial charge in [0.2, 0.25) is 11.8 Å². The maximum atomic E-state index is 17.2. The SMILES string of the molecule is C#Cc1c(F)ccc2cccc(-c3ncc4c(N5CC6CCC(C5)N6)nc(OC[C@@]56CCCN5[C@H](COC(=O)N5CCC(C7CCN(c8cccc9c8n(C)c(=O)n9C8CCC(=O)NC8=O)CC7)CC5)CC6)nc4c3F)c12. The number of aromatic nitrogens is 5. The number of piperidine rings is 3. The normalized spacial score (nSPS) is 25.2. The van der Waals surface area contributed by atoms with Gasteiger partial charge in [-0.2, -0.15) is 9.97 Å². The van der Waals surface area contributed by atoms with Crippen LogP contribution >= 0.6 is 0 Å². The number of carbonyl (C=O) groups excluding carboxylic acids is 3. The van der Waals surface area contributed by atoms with Crippen molar-refractivity contribution in [3.63, 3.8) is 0 Å². The van der Waals surface area contributed by atoms with E-state index in [0.717, 1.165) is 95.0 Å². The molecule has 7 fully saturated rings. The van der Waals surface area contributed by atoms with Gasteiger partial charge in [-0.1, -0.05) is 36.3 Å². The number of imide groups is 1. The number of amides is 3. The number of hydrogen-bond donors (Lipinski definition) is 2. The molecule has 7 saturated heterocycles. The molecule has 13 rings (SSSR count). The molecule has 17 nitrogen and oxygen atoms in total. The molecule has 6 aromatic rings. The quantitative estimate of drug-likeness (QED) is 0.108. The fourth-order valence-electron chi connectivity index (χ4n) is 14.5. The summed E-state index contributed by atoms with van der Waals surface area (Å²) in [6, 6.07) is 14.1. The number of rotatable bonds is 10. The summed E-state index contributed by atoms with van der Waals surface area (Å²) in [7, 11) is 1.75. The summed E-state index contributed by atoms with van der Waals surface area (Å²) in [6.45, 7) is 5.81. The highest BCUT2D eigenvalue weighted by molar-refractivity contribution is 6.03. The zero-order valence-electron chi connectivity index (χ0n) is 43.3. The van der Waals surface area contributed by atoms with E-state index >= 15 is 8.78 Å². The summed E-state index contributed by atoms with van der Waals surface area (Å²) < 4.78 is 48.2. The van der Waals surface area contributed by atoms with E-state index in [1.165, 1.54) is 6.07 Å². The number of fused-ring (bicyclic) bond motifs is 6. The van der Waals surface area contributed by atoms with E-state index in [4.69, 9.17) is 25.9 Å². The van der Waals surface area contributed by atoms with Gasteiger partial charge in [0.25, 0.3) is 0 Å². The first-order chi connectivity index (χ1) is 37.4. The molecule has 0 aliphatic carbocycles. The first-order valence-electron chi connectivity index (χ1n) is 27.6. The summed E-state index contributed by atoms with van der Waals surface area (Å²) in [5, 5.41) is 7.62. The molecule has 77 heavy (non-hydrogen) atoms. The average Bonchev–Trinajstić information content (AvgIpc) is 4.20. The summed E-state index contributed by atoms with van der Waals surface area (Å²) in [5.74, 6) is 2.08. The Morgan fingerprint density at radius 2 is 1.64 bits per heavy atom. The highest BCUT2D eigenvalue weighted by Gasteiger charge is 2.50. The molecule has 3 unspecified atom stereocenters. The monoisotopic (exact) mass is 1050 g/mol. The summed E-state index contributed by atoms with van der Waals surface area (Å²) in [6.07, 6.45) is 17.1. The molecule has 400 valence electrons. The Morgan fingerprint density at radius 1 is 0.870 bits per heavy atom. The predicted octanol–water partition coefficient (Wildman–Crippen LogP) is 6.82. The maximum Gasteiger partial charge on any atom is 0.409 e. The van der Waals surface area contributed by atoms with Crippen LogP contribution in [0.1, 0.15) is 88.7 Å². The lowest BCUT2D eigenvalue weighted by atomic mass is 9.79. The van der Waals surface area contributed by atoms with Crippen LogP contribution in [0.4, 0.5) is 25.1 Å². The van der Waals surface area contributed by atoms with Crippen LogP contribution in [0.5, 0.6) is 6.01 Å². The van der Waals surface area contributed by atoms with Crippen LogP contribution in [0.2, 0.25) is 0 Å². The predicted molar refractivity (Wildman–Crippen MR) is 287 cm³/mol. The third kappa shape index (κ3) is 8.62. The van der Waals surface area contributed by atoms with E-state index in [-0.39, 0.29) is 77.2 Å². The van der Waals surface area contributed by atoms with Crippen LogP contribution in [0.3, 0.4) is 0 Å². The Hall–Kier alpha value is -7.17. The number of imidazole rings is 1. The van der Waals surface area contributed by atoms with Crippen molar-refractivity contribution in [2.75, 3.05) is 68.8 Å². The van der Waals surface area contributed by atoms with Gasteiger partial charge in [-0.25, -0.2) is 18.4 Å². The lowest BCUT2D eigenvalue weighted by Gasteiger charge is -2.41. The van der Waals surface area contributed by atoms with Gasteiger partial charge >= 0.3 is 17.8 Å². The van der Waals surface area contributed by atoms with Crippen molar-refractivity contribution in [1.82, 2.24) is 44.5 Å². The molecule has 2 bridgehead atoms. The summed E-state index contributed by atoms with van der Waals surface area (Å²) in [5.41, 5.74) is 2.38. The topological polar surface area (TPSA) is 172 Å². The van der Waals surface area contributed by atoms with E-state index in [9.17, 15) is 19.2 Å². The number of piperazine rings is 1. The first kappa shape index (κ1) is 49.4. The zero-order valence-corrected chi connectivity index (χ0v) is 43.3. The Morgan fingerprint density at radius 3 is 2.40 bits per heavy atom. The Kier molecular flexibility index (Phi) is 12.6. The smallest absolute Gasteiger partial charge is 0.409 e. The van der Waals surface area contributed by atoms with Crippen LogP contribution in [-0.2, 0) is 21.4 Å². The molecule has 19 heteroatoms. The van der Waals surface area contributed by atoms with Crippen molar-refractivity contribution in [3.8, 4) is 29.6 Å². The number of ether oxygens (including phenoxy) is 2. The third-order valence-corrected chi connectivity index (χ3v) is 18.4. The van der Waals surface area contributed by atoms with Crippen LogP contribution in [-0.4, -0.2) is 134 Å². The number of benzene rings is 3. The number of pyridine rings is 1. The molecule has 0 spiro atoms. The number of nitrogens with one attached hydrogen (secondary N) is 2. The van der Waals surface area contributed by atoms with Crippen molar-refractivity contribution in [3.05, 3.63) is 82.4 Å². The Bertz CT molecular complexity index is 3460. The highest BCUT2D eigenvalue weighted by atomic mass is 19.1. The van der Waals surface area contributed by atoms with Gasteiger partial charge in [0.15, 0.2) is 5.82 Å². The number of anilines is 2. The van der Waals surface area contributed by atoms with E-state index in [0.29, 0.717) is 84.1 Å². The fraction of sp³-hybridized carbons (Fsp3) is 0.500. The number of para-hydroxylation sites is 1. The number of likely N-dealkylation sites (tertiary alicyclic amines) is 1. The minimum atomic E-state index is -0.731. The molecule has 0 radical (unpaired) electrons. The zero-order chi connectivity index (χ0) is 52.7. The fourth-order valence-corrected chi connectivity index (χ4v) is 14.5.